The Kier molecular flexibility index (Phi) is 4.58. The second-order valence-corrected chi connectivity index (χ2v) is 6.67. The number of carbonyl (C=O) groups is 1. The maximum Gasteiger partial charge on any atom is 0.210 e. The Hall–Kier alpha value is -0.0500. The summed E-state index contributed by atoms with van der Waals surface area (Å²) in [5, 5.41) is 38.3. The predicted molar refractivity (Wildman–Crippen MR) is 66.1 cm³/mol. The van der Waals surface area contributed by atoms with E-state index in [0.29, 0.717) is 0 Å². The van der Waals surface area contributed by atoms with Crippen LogP contribution < -0.4 is 0 Å². The van der Waals surface area contributed by atoms with Gasteiger partial charge in [-0.1, -0.05) is 20.8 Å². The third-order valence-corrected chi connectivity index (χ3v) is 3.94. The number of carbonyl (C=O) groups excluding carboxylic acids is 1. The van der Waals surface area contributed by atoms with Crippen molar-refractivity contribution in [2.75, 3.05) is 6.61 Å². The Bertz CT molecular complexity index is 326. The molecular weight excluding hydrogens is 308 g/mol. The molecule has 0 aromatic carbocycles. The molecule has 1 fully saturated rings. The molecule has 6 nitrogen and oxygen atoms in total. The van der Waals surface area contributed by atoms with Crippen molar-refractivity contribution < 1.29 is 30.0 Å². The molecule has 7 heteroatoms. The van der Waals surface area contributed by atoms with E-state index >= 15 is 0 Å². The van der Waals surface area contributed by atoms with Gasteiger partial charge < -0.3 is 25.2 Å². The van der Waals surface area contributed by atoms with Gasteiger partial charge in [0, 0.05) is 5.41 Å². The highest BCUT2D eigenvalue weighted by atomic mass is 79.9. The van der Waals surface area contributed by atoms with Gasteiger partial charge >= 0.3 is 0 Å². The number of hydrogen-bond donors (Lipinski definition) is 4. The van der Waals surface area contributed by atoms with Crippen LogP contribution in [0.25, 0.3) is 0 Å². The minimum atomic E-state index is -1.84. The molecular formula is C11H19BrO6. The molecule has 0 aromatic rings. The van der Waals surface area contributed by atoms with E-state index in [4.69, 9.17) is 9.84 Å². The van der Waals surface area contributed by atoms with Gasteiger partial charge in [0.2, 0.25) is 4.51 Å². The first-order valence-corrected chi connectivity index (χ1v) is 6.41. The van der Waals surface area contributed by atoms with Gasteiger partial charge in [0.25, 0.3) is 0 Å². The van der Waals surface area contributed by atoms with E-state index in [1.54, 1.807) is 20.8 Å². The summed E-state index contributed by atoms with van der Waals surface area (Å²) in [6.45, 7) is 4.34. The van der Waals surface area contributed by atoms with E-state index in [9.17, 15) is 20.1 Å². The highest BCUT2D eigenvalue weighted by Crippen LogP contribution is 2.40. The van der Waals surface area contributed by atoms with Crippen LogP contribution in [0.15, 0.2) is 0 Å². The molecule has 1 aliphatic rings. The standard InChI is InChI=1S/C11H19BrO6/c1-10(2,3)9(17)11(12)8(16)7(15)6(14)5(4-13)18-11/h5-8,13-16H,4H2,1-3H3/t5-,6-,7+,8-,11?/m1/s1. The van der Waals surface area contributed by atoms with Crippen LogP contribution in [0, 0.1) is 5.41 Å². The molecule has 4 N–H and O–H groups in total. The summed E-state index contributed by atoms with van der Waals surface area (Å²) >= 11 is 3.01. The molecule has 1 rings (SSSR count). The van der Waals surface area contributed by atoms with Crippen molar-refractivity contribution in [3.63, 3.8) is 0 Å². The number of Topliss-reactive ketones (excluding diaryl/α,β-unsaturated/α-hetero) is 1. The van der Waals surface area contributed by atoms with Gasteiger partial charge in [-0.2, -0.15) is 0 Å². The molecule has 18 heavy (non-hydrogen) atoms. The van der Waals surface area contributed by atoms with Crippen molar-refractivity contribution in [1.29, 1.82) is 0 Å². The molecule has 1 heterocycles. The summed E-state index contributed by atoms with van der Waals surface area (Å²) in [6, 6.07) is 0. The topological polar surface area (TPSA) is 107 Å². The number of aliphatic hydroxyl groups is 4. The maximum atomic E-state index is 12.3. The highest BCUT2D eigenvalue weighted by Gasteiger charge is 2.58. The SMILES string of the molecule is CC(C)(C)C(=O)C1(Br)O[C@H](CO)[C@@H](O)[C@H](O)[C@H]1O. The third-order valence-electron chi connectivity index (χ3n) is 2.93. The minimum absolute atomic E-state index is 0.480. The number of halogens is 1. The molecule has 0 amide bonds. The fourth-order valence-corrected chi connectivity index (χ4v) is 2.94. The van der Waals surface area contributed by atoms with Crippen molar-refractivity contribution >= 4 is 21.7 Å². The maximum absolute atomic E-state index is 12.3. The molecule has 0 aliphatic carbocycles. The van der Waals surface area contributed by atoms with Gasteiger partial charge in [0.1, 0.15) is 24.4 Å². The van der Waals surface area contributed by atoms with Crippen molar-refractivity contribution in [3.8, 4) is 0 Å². The molecule has 1 unspecified atom stereocenters. The molecule has 5 atom stereocenters. The summed E-state index contributed by atoms with van der Waals surface area (Å²) in [6.07, 6.45) is -5.80. The third kappa shape index (κ3) is 2.61. The summed E-state index contributed by atoms with van der Waals surface area (Å²) in [5.41, 5.74) is -0.827. The number of aliphatic hydroxyl groups excluding tert-OH is 4. The van der Waals surface area contributed by atoms with Gasteiger partial charge in [-0.25, -0.2) is 0 Å². The number of ether oxygens (including phenoxy) is 1. The number of alkyl halides is 1. The van der Waals surface area contributed by atoms with E-state index in [1.807, 2.05) is 0 Å². The lowest BCUT2D eigenvalue weighted by Gasteiger charge is -2.46. The number of ketones is 1. The summed E-state index contributed by atoms with van der Waals surface area (Å²) in [4.78, 5) is 12.3. The molecule has 1 aliphatic heterocycles. The van der Waals surface area contributed by atoms with Crippen molar-refractivity contribution in [1.82, 2.24) is 0 Å². The normalized spacial score (nSPS) is 41.8. The van der Waals surface area contributed by atoms with Gasteiger partial charge in [-0.3, -0.25) is 4.79 Å². The molecule has 106 valence electrons. The van der Waals surface area contributed by atoms with E-state index in [2.05, 4.69) is 15.9 Å². The lowest BCUT2D eigenvalue weighted by Crippen LogP contribution is -2.66. The van der Waals surface area contributed by atoms with Crippen molar-refractivity contribution in [2.24, 2.45) is 5.41 Å². The average Bonchev–Trinajstić information content (AvgIpc) is 2.29. The highest BCUT2D eigenvalue weighted by molar-refractivity contribution is 9.10. The molecule has 0 bridgehead atoms. The Labute approximate surface area is 114 Å². The quantitative estimate of drug-likeness (QED) is 0.493. The van der Waals surface area contributed by atoms with E-state index < -0.39 is 46.7 Å². The summed E-state index contributed by atoms with van der Waals surface area (Å²) in [5.74, 6) is -0.480. The number of hydrogen-bond acceptors (Lipinski definition) is 6. The Morgan fingerprint density at radius 3 is 2.17 bits per heavy atom. The van der Waals surface area contributed by atoms with Crippen molar-refractivity contribution in [2.45, 2.75) is 49.7 Å². The van der Waals surface area contributed by atoms with Crippen LogP contribution in [0.4, 0.5) is 0 Å². The first-order valence-electron chi connectivity index (χ1n) is 5.62. The van der Waals surface area contributed by atoms with Crippen molar-refractivity contribution in [3.05, 3.63) is 0 Å². The van der Waals surface area contributed by atoms with Crippen LogP contribution in [-0.2, 0) is 9.53 Å². The van der Waals surface area contributed by atoms with Crippen LogP contribution in [0.2, 0.25) is 0 Å². The monoisotopic (exact) mass is 326 g/mol. The van der Waals surface area contributed by atoms with E-state index in [0.717, 1.165) is 0 Å². The Morgan fingerprint density at radius 1 is 1.28 bits per heavy atom. The zero-order valence-electron chi connectivity index (χ0n) is 10.5. The van der Waals surface area contributed by atoms with Crippen LogP contribution in [0.1, 0.15) is 20.8 Å². The predicted octanol–water partition coefficient (Wildman–Crippen LogP) is -0.833. The van der Waals surface area contributed by atoms with E-state index in [-0.39, 0.29) is 0 Å². The Morgan fingerprint density at radius 2 is 1.78 bits per heavy atom. The number of rotatable bonds is 2. The van der Waals surface area contributed by atoms with Crippen LogP contribution in [0.3, 0.4) is 0 Å². The molecule has 0 aromatic heterocycles. The fraction of sp³-hybridized carbons (Fsp3) is 0.909. The van der Waals surface area contributed by atoms with Crippen LogP contribution in [0.5, 0.6) is 0 Å². The Balaban J connectivity index is 3.10. The van der Waals surface area contributed by atoms with Gasteiger partial charge in [-0.15, -0.1) is 0 Å². The summed E-state index contributed by atoms with van der Waals surface area (Å²) < 4.78 is 3.43. The van der Waals surface area contributed by atoms with E-state index in [1.165, 1.54) is 0 Å². The second-order valence-electron chi connectivity index (χ2n) is 5.49. The lowest BCUT2D eigenvalue weighted by molar-refractivity contribution is -0.237. The lowest BCUT2D eigenvalue weighted by atomic mass is 9.82. The van der Waals surface area contributed by atoms with Gasteiger partial charge in [0.05, 0.1) is 6.61 Å². The zero-order valence-corrected chi connectivity index (χ0v) is 12.1. The summed E-state index contributed by atoms with van der Waals surface area (Å²) in [7, 11) is 0. The first kappa shape index (κ1) is 16.0. The van der Waals surface area contributed by atoms with Gasteiger partial charge in [-0.05, 0) is 15.9 Å². The second kappa shape index (κ2) is 5.15. The fourth-order valence-electron chi connectivity index (χ4n) is 1.83. The smallest absolute Gasteiger partial charge is 0.210 e. The van der Waals surface area contributed by atoms with Gasteiger partial charge in [0.15, 0.2) is 5.78 Å². The molecule has 1 saturated heterocycles. The molecule has 0 spiro atoms. The minimum Gasteiger partial charge on any atom is -0.394 e. The first-order chi connectivity index (χ1) is 8.05. The molecule has 0 radical (unpaired) electrons. The molecule has 0 saturated carbocycles. The zero-order chi connectivity index (χ0) is 14.3. The van der Waals surface area contributed by atoms with Crippen LogP contribution in [-0.4, -0.2) is 61.7 Å². The largest absolute Gasteiger partial charge is 0.394 e. The average molecular weight is 327 g/mol. The van der Waals surface area contributed by atoms with Crippen LogP contribution >= 0.6 is 15.9 Å².